The molecule has 0 N–H and O–H groups in total. The van der Waals surface area contributed by atoms with Crippen molar-refractivity contribution in [3.05, 3.63) is 77.4 Å². The van der Waals surface area contributed by atoms with Gasteiger partial charge in [0, 0.05) is 0 Å². The van der Waals surface area contributed by atoms with Gasteiger partial charge in [0.2, 0.25) is 5.75 Å². The van der Waals surface area contributed by atoms with Crippen molar-refractivity contribution in [1.82, 2.24) is 0 Å². The van der Waals surface area contributed by atoms with E-state index in [4.69, 9.17) is 23.7 Å². The van der Waals surface area contributed by atoms with E-state index in [0.29, 0.717) is 23.9 Å². The molecule has 0 saturated heterocycles. The van der Waals surface area contributed by atoms with Gasteiger partial charge in [-0.15, -0.1) is 0 Å². The van der Waals surface area contributed by atoms with Gasteiger partial charge in [-0.25, -0.2) is 0 Å². The van der Waals surface area contributed by atoms with E-state index in [1.165, 1.54) is 5.56 Å². The van der Waals surface area contributed by atoms with Crippen LogP contribution >= 0.6 is 0 Å². The van der Waals surface area contributed by atoms with E-state index in [1.54, 1.807) is 28.4 Å². The zero-order valence-electron chi connectivity index (χ0n) is 17.9. The number of ether oxygens (including phenoxy) is 5. The van der Waals surface area contributed by atoms with E-state index in [0.717, 1.165) is 35.5 Å². The summed E-state index contributed by atoms with van der Waals surface area (Å²) in [5.74, 6) is 3.54. The van der Waals surface area contributed by atoms with Crippen molar-refractivity contribution in [2.24, 2.45) is 0 Å². The van der Waals surface area contributed by atoms with Gasteiger partial charge < -0.3 is 23.7 Å². The Morgan fingerprint density at radius 2 is 1.33 bits per heavy atom. The first kappa shape index (κ1) is 21.4. The molecule has 0 fully saturated rings. The first-order chi connectivity index (χ1) is 14.7. The van der Waals surface area contributed by atoms with Crippen LogP contribution in [0.25, 0.3) is 0 Å². The normalized spacial score (nSPS) is 10.4. The molecular formula is C25H28O5. The second kappa shape index (κ2) is 10.4. The van der Waals surface area contributed by atoms with E-state index in [1.807, 2.05) is 42.5 Å². The number of methoxy groups -OCH3 is 4. The lowest BCUT2D eigenvalue weighted by molar-refractivity contribution is 0.296. The molecule has 5 nitrogen and oxygen atoms in total. The van der Waals surface area contributed by atoms with E-state index >= 15 is 0 Å². The summed E-state index contributed by atoms with van der Waals surface area (Å²) in [5, 5.41) is 0. The summed E-state index contributed by atoms with van der Waals surface area (Å²) in [5.41, 5.74) is 3.33. The Kier molecular flexibility index (Phi) is 7.44. The van der Waals surface area contributed by atoms with Crippen molar-refractivity contribution < 1.29 is 23.7 Å². The molecule has 5 heteroatoms. The summed E-state index contributed by atoms with van der Waals surface area (Å²) in [6.45, 7) is 0.396. The van der Waals surface area contributed by atoms with Crippen LogP contribution < -0.4 is 23.7 Å². The topological polar surface area (TPSA) is 46.2 Å². The molecule has 0 aromatic heterocycles. The third-order valence-electron chi connectivity index (χ3n) is 4.91. The Labute approximate surface area is 178 Å². The number of aryl methyl sites for hydroxylation is 2. The highest BCUT2D eigenvalue weighted by Gasteiger charge is 2.14. The summed E-state index contributed by atoms with van der Waals surface area (Å²) < 4.78 is 27.7. The molecular weight excluding hydrogens is 380 g/mol. The number of hydrogen-bond acceptors (Lipinski definition) is 5. The van der Waals surface area contributed by atoms with Crippen molar-refractivity contribution in [2.45, 2.75) is 19.4 Å². The van der Waals surface area contributed by atoms with Gasteiger partial charge in [-0.3, -0.25) is 0 Å². The van der Waals surface area contributed by atoms with E-state index in [-0.39, 0.29) is 0 Å². The van der Waals surface area contributed by atoms with Crippen LogP contribution in [0.2, 0.25) is 0 Å². The lowest BCUT2D eigenvalue weighted by Gasteiger charge is -2.15. The van der Waals surface area contributed by atoms with Crippen LogP contribution in [-0.2, 0) is 19.4 Å². The first-order valence-electron chi connectivity index (χ1n) is 9.81. The average molecular weight is 408 g/mol. The van der Waals surface area contributed by atoms with E-state index < -0.39 is 0 Å². The fraction of sp³-hybridized carbons (Fsp3) is 0.280. The summed E-state index contributed by atoms with van der Waals surface area (Å²) >= 11 is 0. The Morgan fingerprint density at radius 3 is 2.00 bits per heavy atom. The molecule has 0 heterocycles. The van der Waals surface area contributed by atoms with Crippen LogP contribution in [0.1, 0.15) is 16.7 Å². The molecule has 3 rings (SSSR count). The second-order valence-electron chi connectivity index (χ2n) is 6.78. The number of para-hydroxylation sites is 1. The third-order valence-corrected chi connectivity index (χ3v) is 4.91. The van der Waals surface area contributed by atoms with Gasteiger partial charge in [-0.2, -0.15) is 0 Å². The van der Waals surface area contributed by atoms with Crippen molar-refractivity contribution >= 4 is 0 Å². The quantitative estimate of drug-likeness (QED) is 0.468. The van der Waals surface area contributed by atoms with Crippen molar-refractivity contribution in [2.75, 3.05) is 28.4 Å². The van der Waals surface area contributed by atoms with Gasteiger partial charge in [0.25, 0.3) is 0 Å². The molecule has 0 unspecified atom stereocenters. The van der Waals surface area contributed by atoms with Crippen LogP contribution in [0.4, 0.5) is 0 Å². The maximum Gasteiger partial charge on any atom is 0.203 e. The Morgan fingerprint density at radius 1 is 0.600 bits per heavy atom. The smallest absolute Gasteiger partial charge is 0.203 e. The monoisotopic (exact) mass is 408 g/mol. The minimum atomic E-state index is 0.396. The minimum Gasteiger partial charge on any atom is -0.497 e. The molecule has 3 aromatic carbocycles. The molecule has 0 saturated carbocycles. The summed E-state index contributed by atoms with van der Waals surface area (Å²) in [6.07, 6.45) is 1.78. The molecule has 0 bridgehead atoms. The molecule has 158 valence electrons. The minimum absolute atomic E-state index is 0.396. The molecule has 0 amide bonds. The highest BCUT2D eigenvalue weighted by molar-refractivity contribution is 5.53. The summed E-state index contributed by atoms with van der Waals surface area (Å²) in [4.78, 5) is 0. The third kappa shape index (κ3) is 5.17. The van der Waals surface area contributed by atoms with Crippen LogP contribution in [-0.4, -0.2) is 28.4 Å². The second-order valence-corrected chi connectivity index (χ2v) is 6.78. The SMILES string of the molecule is COc1cccc(CCc2ccccc2OCc2cc(OC)c(OC)c(OC)c2)c1. The van der Waals surface area contributed by atoms with Crippen LogP contribution in [0.15, 0.2) is 60.7 Å². The van der Waals surface area contributed by atoms with Gasteiger partial charge >= 0.3 is 0 Å². The van der Waals surface area contributed by atoms with Gasteiger partial charge in [0.05, 0.1) is 28.4 Å². The molecule has 0 aliphatic rings. The number of hydrogen-bond donors (Lipinski definition) is 0. The van der Waals surface area contributed by atoms with Crippen LogP contribution in [0.5, 0.6) is 28.7 Å². The van der Waals surface area contributed by atoms with Crippen molar-refractivity contribution in [3.8, 4) is 28.7 Å². The highest BCUT2D eigenvalue weighted by atomic mass is 16.5. The highest BCUT2D eigenvalue weighted by Crippen LogP contribution is 2.38. The van der Waals surface area contributed by atoms with E-state index in [2.05, 4.69) is 18.2 Å². The van der Waals surface area contributed by atoms with Gasteiger partial charge in [-0.05, 0) is 59.9 Å². The molecule has 0 spiro atoms. The predicted octanol–water partition coefficient (Wildman–Crippen LogP) is 5.09. The molecule has 0 aliphatic heterocycles. The Hall–Kier alpha value is -3.34. The summed E-state index contributed by atoms with van der Waals surface area (Å²) in [7, 11) is 6.49. The number of benzene rings is 3. The molecule has 30 heavy (non-hydrogen) atoms. The molecule has 0 atom stereocenters. The van der Waals surface area contributed by atoms with Crippen molar-refractivity contribution in [1.29, 1.82) is 0 Å². The van der Waals surface area contributed by atoms with Crippen LogP contribution in [0, 0.1) is 0 Å². The predicted molar refractivity (Wildman–Crippen MR) is 117 cm³/mol. The molecule has 0 aliphatic carbocycles. The largest absolute Gasteiger partial charge is 0.497 e. The lowest BCUT2D eigenvalue weighted by atomic mass is 10.0. The average Bonchev–Trinajstić information content (AvgIpc) is 2.81. The van der Waals surface area contributed by atoms with Gasteiger partial charge in [0.15, 0.2) is 11.5 Å². The van der Waals surface area contributed by atoms with Crippen LogP contribution in [0.3, 0.4) is 0 Å². The maximum absolute atomic E-state index is 6.15. The van der Waals surface area contributed by atoms with Gasteiger partial charge in [0.1, 0.15) is 18.1 Å². The van der Waals surface area contributed by atoms with E-state index in [9.17, 15) is 0 Å². The first-order valence-corrected chi connectivity index (χ1v) is 9.81. The fourth-order valence-corrected chi connectivity index (χ4v) is 3.34. The molecule has 3 aromatic rings. The Bertz CT molecular complexity index is 942. The number of rotatable bonds is 10. The summed E-state index contributed by atoms with van der Waals surface area (Å²) in [6, 6.07) is 20.1. The van der Waals surface area contributed by atoms with Gasteiger partial charge in [-0.1, -0.05) is 30.3 Å². The maximum atomic E-state index is 6.15. The standard InChI is InChI=1S/C25H28O5/c1-26-21-10-7-8-18(14-21)12-13-20-9-5-6-11-22(20)30-17-19-15-23(27-2)25(29-4)24(16-19)28-3/h5-11,14-16H,12-13,17H2,1-4H3. The zero-order valence-corrected chi connectivity index (χ0v) is 17.9. The lowest BCUT2D eigenvalue weighted by Crippen LogP contribution is -2.02. The zero-order chi connectivity index (χ0) is 21.3. The van der Waals surface area contributed by atoms with Crippen molar-refractivity contribution in [3.63, 3.8) is 0 Å². The Balaban J connectivity index is 1.72. The molecule has 0 radical (unpaired) electrons. The fourth-order valence-electron chi connectivity index (χ4n) is 3.34.